The van der Waals surface area contributed by atoms with Crippen LogP contribution in [0, 0.1) is 0 Å². The first-order chi connectivity index (χ1) is 8.79. The minimum Gasteiger partial charge on any atom is -0.494 e. The van der Waals surface area contributed by atoms with E-state index in [4.69, 9.17) is 4.74 Å². The van der Waals surface area contributed by atoms with Gasteiger partial charge in [-0.2, -0.15) is 0 Å². The zero-order valence-electron chi connectivity index (χ0n) is 10.9. The molecule has 1 aromatic carbocycles. The number of nitrogens with zero attached hydrogens (tertiary/aromatic N) is 1. The van der Waals surface area contributed by atoms with Crippen molar-refractivity contribution in [3.8, 4) is 5.75 Å². The summed E-state index contributed by atoms with van der Waals surface area (Å²) in [7, 11) is 0. The van der Waals surface area contributed by atoms with Gasteiger partial charge in [-0.05, 0) is 13.0 Å². The average molecular weight is 250 g/mol. The summed E-state index contributed by atoms with van der Waals surface area (Å²) in [5.41, 5.74) is 0.967. The Labute approximate surface area is 106 Å². The van der Waals surface area contributed by atoms with Crippen LogP contribution in [0.1, 0.15) is 32.2 Å². The highest BCUT2D eigenvalue weighted by atomic mass is 16.5. The van der Waals surface area contributed by atoms with E-state index in [9.17, 15) is 4.79 Å². The van der Waals surface area contributed by atoms with Crippen LogP contribution in [-0.4, -0.2) is 16.7 Å². The number of aromatic nitrogens is 2. The normalized spacial score (nSPS) is 9.50. The molecule has 0 fully saturated rings. The summed E-state index contributed by atoms with van der Waals surface area (Å²) in [6, 6.07) is 7.63. The van der Waals surface area contributed by atoms with E-state index >= 15 is 0 Å². The van der Waals surface area contributed by atoms with Crippen molar-refractivity contribution in [1.29, 1.82) is 0 Å². The molecule has 1 aromatic heterocycles. The van der Waals surface area contributed by atoms with Crippen LogP contribution in [0.2, 0.25) is 0 Å². The highest BCUT2D eigenvalue weighted by molar-refractivity contribution is 5.35. The second-order valence-corrected chi connectivity index (χ2v) is 3.26. The topological polar surface area (TPSA) is 68.1 Å². The molecular formula is C13H18N2O3. The van der Waals surface area contributed by atoms with Gasteiger partial charge in [-0.25, -0.2) is 4.79 Å². The zero-order valence-corrected chi connectivity index (χ0v) is 10.9. The molecule has 1 heterocycles. The van der Waals surface area contributed by atoms with Crippen molar-refractivity contribution in [3.63, 3.8) is 0 Å². The van der Waals surface area contributed by atoms with Gasteiger partial charge < -0.3 is 4.74 Å². The van der Waals surface area contributed by atoms with Crippen LogP contribution in [0.25, 0.3) is 0 Å². The standard InChI is InChI=1S/C11H12N2O3.C2H6/c1-2-15-9-6-4-3-5-8(9)7-10-12-11(14)16-13-10;1-2/h3-6H,2,7H2,1H3,(H,12,13,14);1-2H3. The fourth-order valence-electron chi connectivity index (χ4n) is 1.46. The first kappa shape index (κ1) is 14.0. The molecule has 0 saturated heterocycles. The maximum Gasteiger partial charge on any atom is 0.438 e. The summed E-state index contributed by atoms with van der Waals surface area (Å²) in [5, 5.41) is 3.61. The summed E-state index contributed by atoms with van der Waals surface area (Å²) >= 11 is 0. The number of H-pyrrole nitrogens is 1. The number of nitrogens with one attached hydrogen (secondary N) is 1. The molecule has 0 spiro atoms. The molecular weight excluding hydrogens is 232 g/mol. The molecule has 0 aliphatic rings. The molecule has 0 radical (unpaired) electrons. The molecule has 0 saturated carbocycles. The smallest absolute Gasteiger partial charge is 0.438 e. The lowest BCUT2D eigenvalue weighted by Crippen LogP contribution is -2.00. The molecule has 18 heavy (non-hydrogen) atoms. The van der Waals surface area contributed by atoms with E-state index in [1.54, 1.807) is 0 Å². The number of hydrogen-bond donors (Lipinski definition) is 1. The maximum absolute atomic E-state index is 10.8. The fourth-order valence-corrected chi connectivity index (χ4v) is 1.46. The molecule has 0 aliphatic carbocycles. The van der Waals surface area contributed by atoms with Crippen molar-refractivity contribution >= 4 is 0 Å². The number of benzene rings is 1. The summed E-state index contributed by atoms with van der Waals surface area (Å²) in [6.07, 6.45) is 0.488. The Hall–Kier alpha value is -2.04. The first-order valence-electron chi connectivity index (χ1n) is 6.05. The summed E-state index contributed by atoms with van der Waals surface area (Å²) in [4.78, 5) is 13.3. The van der Waals surface area contributed by atoms with Gasteiger partial charge >= 0.3 is 5.76 Å². The lowest BCUT2D eigenvalue weighted by molar-refractivity contribution is 0.336. The lowest BCUT2D eigenvalue weighted by Gasteiger charge is -2.07. The predicted molar refractivity (Wildman–Crippen MR) is 68.9 cm³/mol. The molecule has 0 atom stereocenters. The second-order valence-electron chi connectivity index (χ2n) is 3.26. The third-order valence-electron chi connectivity index (χ3n) is 2.12. The van der Waals surface area contributed by atoms with Gasteiger partial charge in [-0.15, -0.1) is 0 Å². The van der Waals surface area contributed by atoms with Gasteiger partial charge in [0.15, 0.2) is 5.82 Å². The minimum atomic E-state index is -0.538. The molecule has 0 bridgehead atoms. The van der Waals surface area contributed by atoms with Gasteiger partial charge in [0.2, 0.25) is 0 Å². The minimum absolute atomic E-state index is 0.488. The average Bonchev–Trinajstić information content (AvgIpc) is 2.80. The van der Waals surface area contributed by atoms with Crippen molar-refractivity contribution in [2.24, 2.45) is 0 Å². The van der Waals surface area contributed by atoms with Crippen molar-refractivity contribution in [2.45, 2.75) is 27.2 Å². The van der Waals surface area contributed by atoms with Crippen LogP contribution in [0.5, 0.6) is 5.75 Å². The van der Waals surface area contributed by atoms with Crippen molar-refractivity contribution in [2.75, 3.05) is 6.61 Å². The zero-order chi connectivity index (χ0) is 13.4. The monoisotopic (exact) mass is 250 g/mol. The summed E-state index contributed by atoms with van der Waals surface area (Å²) in [6.45, 7) is 6.53. The molecule has 2 rings (SSSR count). The Morgan fingerprint density at radius 2 is 2.06 bits per heavy atom. The van der Waals surface area contributed by atoms with Crippen molar-refractivity contribution < 1.29 is 9.26 Å². The molecule has 0 amide bonds. The molecule has 0 aliphatic heterocycles. The van der Waals surface area contributed by atoms with E-state index in [1.807, 2.05) is 45.0 Å². The van der Waals surface area contributed by atoms with E-state index in [0.29, 0.717) is 18.9 Å². The first-order valence-corrected chi connectivity index (χ1v) is 6.05. The largest absolute Gasteiger partial charge is 0.494 e. The van der Waals surface area contributed by atoms with Gasteiger partial charge in [0.05, 0.1) is 6.61 Å². The van der Waals surface area contributed by atoms with E-state index in [2.05, 4.69) is 14.7 Å². The molecule has 5 nitrogen and oxygen atoms in total. The van der Waals surface area contributed by atoms with Crippen LogP contribution in [0.3, 0.4) is 0 Å². The Kier molecular flexibility index (Phi) is 5.70. The number of hydrogen-bond acceptors (Lipinski definition) is 4. The van der Waals surface area contributed by atoms with E-state index in [0.717, 1.165) is 11.3 Å². The van der Waals surface area contributed by atoms with Gasteiger partial charge in [-0.1, -0.05) is 37.2 Å². The van der Waals surface area contributed by atoms with E-state index < -0.39 is 5.76 Å². The number of para-hydroxylation sites is 1. The predicted octanol–water partition coefficient (Wildman–Crippen LogP) is 2.38. The molecule has 2 aromatic rings. The van der Waals surface area contributed by atoms with Crippen molar-refractivity contribution in [3.05, 3.63) is 46.2 Å². The fraction of sp³-hybridized carbons (Fsp3) is 0.385. The van der Waals surface area contributed by atoms with E-state index in [-0.39, 0.29) is 0 Å². The Bertz CT molecular complexity index is 517. The third-order valence-corrected chi connectivity index (χ3v) is 2.12. The van der Waals surface area contributed by atoms with Crippen LogP contribution in [-0.2, 0) is 6.42 Å². The summed E-state index contributed by atoms with van der Waals surface area (Å²) in [5.74, 6) is 0.759. The highest BCUT2D eigenvalue weighted by Gasteiger charge is 2.07. The number of rotatable bonds is 4. The molecule has 5 heteroatoms. The summed E-state index contributed by atoms with van der Waals surface area (Å²) < 4.78 is 9.90. The van der Waals surface area contributed by atoms with Crippen LogP contribution < -0.4 is 10.5 Å². The molecule has 0 unspecified atom stereocenters. The van der Waals surface area contributed by atoms with Crippen LogP contribution in [0.4, 0.5) is 0 Å². The van der Waals surface area contributed by atoms with E-state index in [1.165, 1.54) is 0 Å². The van der Waals surface area contributed by atoms with Crippen LogP contribution in [0.15, 0.2) is 33.6 Å². The Balaban J connectivity index is 0.000000771. The van der Waals surface area contributed by atoms with Gasteiger partial charge in [0, 0.05) is 12.0 Å². The third kappa shape index (κ3) is 3.76. The Morgan fingerprint density at radius 1 is 1.33 bits per heavy atom. The maximum atomic E-state index is 10.8. The van der Waals surface area contributed by atoms with Crippen molar-refractivity contribution in [1.82, 2.24) is 10.1 Å². The van der Waals surface area contributed by atoms with Gasteiger partial charge in [0.25, 0.3) is 0 Å². The molecule has 1 N–H and O–H groups in total. The highest BCUT2D eigenvalue weighted by Crippen LogP contribution is 2.19. The molecule has 98 valence electrons. The number of aromatic amines is 1. The van der Waals surface area contributed by atoms with Gasteiger partial charge in [-0.3, -0.25) is 9.51 Å². The Morgan fingerprint density at radius 3 is 2.67 bits per heavy atom. The quantitative estimate of drug-likeness (QED) is 0.904. The SMILES string of the molecule is CC.CCOc1ccccc1Cc1noc(=O)[nH]1. The second kappa shape index (κ2) is 7.32. The van der Waals surface area contributed by atoms with Gasteiger partial charge in [0.1, 0.15) is 5.75 Å². The number of ether oxygens (including phenoxy) is 1. The lowest BCUT2D eigenvalue weighted by atomic mass is 10.1. The van der Waals surface area contributed by atoms with Crippen LogP contribution >= 0.6 is 0 Å².